The first-order chi connectivity index (χ1) is 9.15. The number of nitriles is 1. The van der Waals surface area contributed by atoms with Crippen molar-refractivity contribution < 1.29 is 4.79 Å². The van der Waals surface area contributed by atoms with Crippen LogP contribution in [-0.2, 0) is 11.2 Å². The first-order valence-corrected chi connectivity index (χ1v) is 6.92. The van der Waals surface area contributed by atoms with E-state index < -0.39 is 0 Å². The Kier molecular flexibility index (Phi) is 3.98. The molecule has 4 heteroatoms. The van der Waals surface area contributed by atoms with Crippen LogP contribution in [0.15, 0.2) is 29.6 Å². The van der Waals surface area contributed by atoms with Crippen LogP contribution in [0.4, 0.5) is 5.69 Å². The number of thiophene rings is 1. The molecule has 0 saturated carbocycles. The molecular formula is C15H14N2OS. The van der Waals surface area contributed by atoms with Crippen molar-refractivity contribution in [2.45, 2.75) is 20.3 Å². The van der Waals surface area contributed by atoms with E-state index in [1.165, 1.54) is 23.8 Å². The summed E-state index contributed by atoms with van der Waals surface area (Å²) in [5.41, 5.74) is 3.79. The summed E-state index contributed by atoms with van der Waals surface area (Å²) in [4.78, 5) is 11.8. The number of amides is 1. The fourth-order valence-corrected chi connectivity index (χ4v) is 2.69. The zero-order valence-corrected chi connectivity index (χ0v) is 11.7. The highest BCUT2D eigenvalue weighted by molar-refractivity contribution is 7.11. The maximum Gasteiger partial charge on any atom is 0.221 e. The monoisotopic (exact) mass is 270 g/mol. The molecule has 1 heterocycles. The van der Waals surface area contributed by atoms with Crippen molar-refractivity contribution in [3.8, 4) is 17.2 Å². The Bertz CT molecular complexity index is 635. The molecule has 1 aromatic carbocycles. The second kappa shape index (κ2) is 5.68. The molecule has 0 spiro atoms. The smallest absolute Gasteiger partial charge is 0.221 e. The van der Waals surface area contributed by atoms with E-state index in [0.717, 1.165) is 17.5 Å². The van der Waals surface area contributed by atoms with Gasteiger partial charge in [-0.25, -0.2) is 0 Å². The molecule has 0 aliphatic heterocycles. The van der Waals surface area contributed by atoms with Crippen LogP contribution in [0.25, 0.3) is 11.1 Å². The van der Waals surface area contributed by atoms with E-state index in [9.17, 15) is 4.79 Å². The zero-order valence-electron chi connectivity index (χ0n) is 10.9. The van der Waals surface area contributed by atoms with Crippen molar-refractivity contribution in [1.29, 1.82) is 5.26 Å². The van der Waals surface area contributed by atoms with Crippen LogP contribution in [0.1, 0.15) is 24.3 Å². The number of nitrogens with zero attached hydrogens (tertiary/aromatic N) is 1. The van der Waals surface area contributed by atoms with Gasteiger partial charge in [0.05, 0.1) is 5.69 Å². The minimum absolute atomic E-state index is 0.165. The fourth-order valence-electron chi connectivity index (χ4n) is 1.87. The molecule has 0 atom stereocenters. The SMILES string of the molecule is CCc1ccc(-c2csc(C#N)c2NC(C)=O)cc1. The van der Waals surface area contributed by atoms with Crippen molar-refractivity contribution in [2.75, 3.05) is 5.32 Å². The Labute approximate surface area is 116 Å². The van der Waals surface area contributed by atoms with Gasteiger partial charge in [-0.15, -0.1) is 11.3 Å². The van der Waals surface area contributed by atoms with Gasteiger partial charge in [-0.1, -0.05) is 31.2 Å². The van der Waals surface area contributed by atoms with Gasteiger partial charge in [0.1, 0.15) is 10.9 Å². The van der Waals surface area contributed by atoms with Gasteiger partial charge >= 0.3 is 0 Å². The lowest BCUT2D eigenvalue weighted by Gasteiger charge is -2.06. The van der Waals surface area contributed by atoms with E-state index in [-0.39, 0.29) is 5.91 Å². The van der Waals surface area contributed by atoms with E-state index in [4.69, 9.17) is 5.26 Å². The predicted molar refractivity (Wildman–Crippen MR) is 78.2 cm³/mol. The van der Waals surface area contributed by atoms with Crippen molar-refractivity contribution in [2.24, 2.45) is 0 Å². The quantitative estimate of drug-likeness (QED) is 0.922. The molecule has 3 nitrogen and oxygen atoms in total. The molecule has 19 heavy (non-hydrogen) atoms. The van der Waals surface area contributed by atoms with E-state index in [2.05, 4.69) is 30.4 Å². The van der Waals surface area contributed by atoms with E-state index >= 15 is 0 Å². The van der Waals surface area contributed by atoms with Gasteiger partial charge in [-0.3, -0.25) is 4.79 Å². The van der Waals surface area contributed by atoms with Gasteiger partial charge in [0, 0.05) is 17.9 Å². The van der Waals surface area contributed by atoms with Crippen molar-refractivity contribution >= 4 is 22.9 Å². The lowest BCUT2D eigenvalue weighted by atomic mass is 10.0. The zero-order chi connectivity index (χ0) is 13.8. The molecule has 2 aromatic rings. The van der Waals surface area contributed by atoms with Crippen LogP contribution < -0.4 is 5.32 Å². The number of hydrogen-bond donors (Lipinski definition) is 1. The molecule has 0 saturated heterocycles. The molecule has 1 N–H and O–H groups in total. The molecule has 0 radical (unpaired) electrons. The number of benzene rings is 1. The normalized spacial score (nSPS) is 9.95. The average Bonchev–Trinajstić information content (AvgIpc) is 2.81. The molecule has 1 amide bonds. The van der Waals surface area contributed by atoms with E-state index in [0.29, 0.717) is 10.6 Å². The Morgan fingerprint density at radius 2 is 2.05 bits per heavy atom. The maximum absolute atomic E-state index is 11.2. The summed E-state index contributed by atoms with van der Waals surface area (Å²) >= 11 is 1.35. The summed E-state index contributed by atoms with van der Waals surface area (Å²) in [5, 5.41) is 13.7. The van der Waals surface area contributed by atoms with Gasteiger partial charge < -0.3 is 5.32 Å². The molecular weight excluding hydrogens is 256 g/mol. The first-order valence-electron chi connectivity index (χ1n) is 6.04. The summed E-state index contributed by atoms with van der Waals surface area (Å²) in [7, 11) is 0. The molecule has 0 bridgehead atoms. The second-order valence-corrected chi connectivity index (χ2v) is 5.08. The van der Waals surface area contributed by atoms with Gasteiger partial charge in [0.15, 0.2) is 0 Å². The molecule has 96 valence electrons. The third kappa shape index (κ3) is 2.83. The molecule has 0 aliphatic rings. The van der Waals surface area contributed by atoms with Crippen molar-refractivity contribution in [3.63, 3.8) is 0 Å². The first kappa shape index (κ1) is 13.3. The predicted octanol–water partition coefficient (Wildman–Crippen LogP) is 3.81. The summed E-state index contributed by atoms with van der Waals surface area (Å²) in [5.74, 6) is -0.165. The fraction of sp³-hybridized carbons (Fsp3) is 0.200. The topological polar surface area (TPSA) is 52.9 Å². The standard InChI is InChI=1S/C15H14N2OS/c1-3-11-4-6-12(7-5-11)13-9-19-14(8-16)15(13)17-10(2)18/h4-7,9H,3H2,1-2H3,(H,17,18). The molecule has 1 aromatic heterocycles. The summed E-state index contributed by atoms with van der Waals surface area (Å²) < 4.78 is 0. The summed E-state index contributed by atoms with van der Waals surface area (Å²) in [6, 6.07) is 10.3. The van der Waals surface area contributed by atoms with Gasteiger partial charge in [0.25, 0.3) is 0 Å². The van der Waals surface area contributed by atoms with E-state index in [1.54, 1.807) is 0 Å². The summed E-state index contributed by atoms with van der Waals surface area (Å²) in [6.45, 7) is 3.55. The number of anilines is 1. The Morgan fingerprint density at radius 3 is 2.58 bits per heavy atom. The highest BCUT2D eigenvalue weighted by Gasteiger charge is 2.14. The number of carbonyl (C=O) groups is 1. The number of carbonyl (C=O) groups excluding carboxylic acids is 1. The number of aryl methyl sites for hydroxylation is 1. The van der Waals surface area contributed by atoms with Gasteiger partial charge in [-0.2, -0.15) is 5.26 Å². The Balaban J connectivity index is 2.46. The van der Waals surface area contributed by atoms with Crippen LogP contribution in [0.5, 0.6) is 0 Å². The highest BCUT2D eigenvalue weighted by Crippen LogP contribution is 2.36. The number of hydrogen-bond acceptors (Lipinski definition) is 3. The lowest BCUT2D eigenvalue weighted by Crippen LogP contribution is -2.06. The van der Waals surface area contributed by atoms with Crippen LogP contribution in [0, 0.1) is 11.3 Å². The van der Waals surface area contributed by atoms with Crippen LogP contribution >= 0.6 is 11.3 Å². The number of nitrogens with one attached hydrogen (secondary N) is 1. The van der Waals surface area contributed by atoms with E-state index in [1.807, 2.05) is 17.5 Å². The number of rotatable bonds is 3. The van der Waals surface area contributed by atoms with Gasteiger partial charge in [0.2, 0.25) is 5.91 Å². The minimum atomic E-state index is -0.165. The Morgan fingerprint density at radius 1 is 1.37 bits per heavy atom. The van der Waals surface area contributed by atoms with Gasteiger partial charge in [-0.05, 0) is 17.5 Å². The molecule has 0 unspecified atom stereocenters. The average molecular weight is 270 g/mol. The van der Waals surface area contributed by atoms with Crippen LogP contribution in [0.2, 0.25) is 0 Å². The van der Waals surface area contributed by atoms with Crippen LogP contribution in [0.3, 0.4) is 0 Å². The largest absolute Gasteiger partial charge is 0.324 e. The molecule has 2 rings (SSSR count). The molecule has 0 aliphatic carbocycles. The molecule has 0 fully saturated rings. The summed E-state index contributed by atoms with van der Waals surface area (Å²) in [6.07, 6.45) is 0.992. The maximum atomic E-state index is 11.2. The lowest BCUT2D eigenvalue weighted by molar-refractivity contribution is -0.114. The van der Waals surface area contributed by atoms with Crippen LogP contribution in [-0.4, -0.2) is 5.91 Å². The second-order valence-electron chi connectivity index (χ2n) is 4.20. The van der Waals surface area contributed by atoms with Crippen molar-refractivity contribution in [1.82, 2.24) is 0 Å². The minimum Gasteiger partial charge on any atom is -0.324 e. The van der Waals surface area contributed by atoms with Crippen molar-refractivity contribution in [3.05, 3.63) is 40.1 Å². The third-order valence-electron chi connectivity index (χ3n) is 2.87. The third-order valence-corrected chi connectivity index (χ3v) is 3.75. The highest BCUT2D eigenvalue weighted by atomic mass is 32.1. The Hall–Kier alpha value is -2.12.